The SMILES string of the molecule is O=C(c1ccc(S(=O)(=O)N2CCOCC2)cc1)N1CC[C@@H](n2nccn2)C1. The highest BCUT2D eigenvalue weighted by Crippen LogP contribution is 2.23. The number of aromatic nitrogens is 3. The van der Waals surface area contributed by atoms with Crippen LogP contribution in [0.3, 0.4) is 0 Å². The van der Waals surface area contributed by atoms with Gasteiger partial charge in [-0.05, 0) is 30.7 Å². The van der Waals surface area contributed by atoms with Gasteiger partial charge in [0.25, 0.3) is 5.91 Å². The number of amides is 1. The van der Waals surface area contributed by atoms with Gasteiger partial charge in [-0.25, -0.2) is 8.42 Å². The zero-order valence-electron chi connectivity index (χ0n) is 14.8. The fourth-order valence-corrected chi connectivity index (χ4v) is 4.83. The highest BCUT2D eigenvalue weighted by Gasteiger charge is 2.30. The van der Waals surface area contributed by atoms with Crippen LogP contribution in [0.15, 0.2) is 41.6 Å². The van der Waals surface area contributed by atoms with Gasteiger partial charge >= 0.3 is 0 Å². The van der Waals surface area contributed by atoms with Crippen molar-refractivity contribution in [2.24, 2.45) is 0 Å². The van der Waals surface area contributed by atoms with Crippen molar-refractivity contribution in [3.05, 3.63) is 42.2 Å². The predicted molar refractivity (Wildman–Crippen MR) is 95.6 cm³/mol. The van der Waals surface area contributed by atoms with E-state index in [4.69, 9.17) is 4.74 Å². The Balaban J connectivity index is 1.45. The Bertz CT molecular complexity index is 892. The fraction of sp³-hybridized carbons (Fsp3) is 0.471. The van der Waals surface area contributed by atoms with E-state index >= 15 is 0 Å². The molecular weight excluding hydrogens is 370 g/mol. The standard InChI is InChI=1S/C17H21N5O4S/c23-17(20-8-5-15(13-20)22-18-6-7-19-22)14-1-3-16(4-2-14)27(24,25)21-9-11-26-12-10-21/h1-4,6-7,15H,5,8-13H2/t15-/m1/s1. The highest BCUT2D eigenvalue weighted by atomic mass is 32.2. The van der Waals surface area contributed by atoms with Crippen LogP contribution < -0.4 is 0 Å². The van der Waals surface area contributed by atoms with Crippen LogP contribution in [-0.4, -0.2) is 77.9 Å². The molecule has 4 rings (SSSR count). The first-order chi connectivity index (χ1) is 13.1. The molecule has 1 atom stereocenters. The van der Waals surface area contributed by atoms with Crippen molar-refractivity contribution in [2.75, 3.05) is 39.4 Å². The van der Waals surface area contributed by atoms with Crippen LogP contribution in [0.4, 0.5) is 0 Å². The lowest BCUT2D eigenvalue weighted by Crippen LogP contribution is -2.40. The molecule has 0 radical (unpaired) electrons. The summed E-state index contributed by atoms with van der Waals surface area (Å²) in [5.74, 6) is -0.111. The molecule has 2 fully saturated rings. The Hall–Kier alpha value is -2.30. The molecule has 0 N–H and O–H groups in total. The first kappa shape index (κ1) is 18.1. The van der Waals surface area contributed by atoms with E-state index in [1.165, 1.54) is 16.4 Å². The smallest absolute Gasteiger partial charge is 0.253 e. The second-order valence-corrected chi connectivity index (χ2v) is 8.52. The molecule has 0 saturated carbocycles. The van der Waals surface area contributed by atoms with Crippen molar-refractivity contribution in [1.29, 1.82) is 0 Å². The first-order valence-corrected chi connectivity index (χ1v) is 10.3. The number of morpholine rings is 1. The molecule has 0 bridgehead atoms. The summed E-state index contributed by atoms with van der Waals surface area (Å²) < 4.78 is 31.9. The monoisotopic (exact) mass is 391 g/mol. The molecule has 0 spiro atoms. The molecule has 2 aliphatic heterocycles. The Labute approximate surface area is 157 Å². The first-order valence-electron chi connectivity index (χ1n) is 8.89. The minimum Gasteiger partial charge on any atom is -0.379 e. The van der Waals surface area contributed by atoms with Gasteiger partial charge in [0.2, 0.25) is 10.0 Å². The van der Waals surface area contributed by atoms with Crippen molar-refractivity contribution < 1.29 is 17.9 Å². The maximum absolute atomic E-state index is 12.7. The molecular formula is C17H21N5O4S. The zero-order chi connectivity index (χ0) is 18.9. The zero-order valence-corrected chi connectivity index (χ0v) is 15.6. The molecule has 0 aliphatic carbocycles. The van der Waals surface area contributed by atoms with E-state index in [1.54, 1.807) is 34.2 Å². The molecule has 1 amide bonds. The third kappa shape index (κ3) is 3.60. The summed E-state index contributed by atoms with van der Waals surface area (Å²) in [6.07, 6.45) is 4.04. The van der Waals surface area contributed by atoms with Crippen molar-refractivity contribution in [1.82, 2.24) is 24.2 Å². The normalized spacial score (nSPS) is 21.5. The number of likely N-dealkylation sites (tertiary alicyclic amines) is 1. The molecule has 2 saturated heterocycles. The molecule has 3 heterocycles. The van der Waals surface area contributed by atoms with Gasteiger partial charge in [0.15, 0.2) is 0 Å². The number of hydrogen-bond acceptors (Lipinski definition) is 6. The average Bonchev–Trinajstić information content (AvgIpc) is 3.40. The Morgan fingerprint density at radius 1 is 1.04 bits per heavy atom. The van der Waals surface area contributed by atoms with Gasteiger partial charge in [-0.1, -0.05) is 0 Å². The second kappa shape index (κ2) is 7.37. The number of ether oxygens (including phenoxy) is 1. The lowest BCUT2D eigenvalue weighted by molar-refractivity contribution is 0.0730. The number of rotatable bonds is 4. The van der Waals surface area contributed by atoms with E-state index in [0.717, 1.165) is 6.42 Å². The maximum atomic E-state index is 12.7. The largest absolute Gasteiger partial charge is 0.379 e. The topological polar surface area (TPSA) is 97.6 Å². The molecule has 27 heavy (non-hydrogen) atoms. The number of nitrogens with zero attached hydrogens (tertiary/aromatic N) is 5. The molecule has 2 aliphatic rings. The van der Waals surface area contributed by atoms with Crippen LogP contribution >= 0.6 is 0 Å². The lowest BCUT2D eigenvalue weighted by Gasteiger charge is -2.26. The summed E-state index contributed by atoms with van der Waals surface area (Å²) in [5.41, 5.74) is 0.477. The molecule has 2 aromatic rings. The van der Waals surface area contributed by atoms with Crippen LogP contribution in [0.25, 0.3) is 0 Å². The second-order valence-electron chi connectivity index (χ2n) is 6.58. The van der Waals surface area contributed by atoms with Crippen LogP contribution in [0.2, 0.25) is 0 Å². The van der Waals surface area contributed by atoms with Gasteiger partial charge in [0, 0.05) is 31.7 Å². The number of hydrogen-bond donors (Lipinski definition) is 0. The Kier molecular flexibility index (Phi) is 4.94. The summed E-state index contributed by atoms with van der Waals surface area (Å²) in [7, 11) is -3.55. The van der Waals surface area contributed by atoms with Gasteiger partial charge < -0.3 is 9.64 Å². The Morgan fingerprint density at radius 3 is 2.37 bits per heavy atom. The van der Waals surface area contributed by atoms with Crippen molar-refractivity contribution in [3.63, 3.8) is 0 Å². The van der Waals surface area contributed by atoms with E-state index < -0.39 is 10.0 Å². The summed E-state index contributed by atoms with van der Waals surface area (Å²) in [6.45, 7) is 2.66. The molecule has 0 unspecified atom stereocenters. The van der Waals surface area contributed by atoms with Gasteiger partial charge in [-0.15, -0.1) is 0 Å². The Morgan fingerprint density at radius 2 is 1.70 bits per heavy atom. The number of sulfonamides is 1. The number of carbonyl (C=O) groups is 1. The summed E-state index contributed by atoms with van der Waals surface area (Å²) in [6, 6.07) is 6.23. The third-order valence-electron chi connectivity index (χ3n) is 4.92. The highest BCUT2D eigenvalue weighted by molar-refractivity contribution is 7.89. The molecule has 10 heteroatoms. The fourth-order valence-electron chi connectivity index (χ4n) is 3.42. The summed E-state index contributed by atoms with van der Waals surface area (Å²) >= 11 is 0. The predicted octanol–water partition coefficient (Wildman–Crippen LogP) is 0.386. The summed E-state index contributed by atoms with van der Waals surface area (Å²) in [5, 5.41) is 8.27. The molecule has 1 aromatic heterocycles. The van der Waals surface area contributed by atoms with Crippen LogP contribution in [-0.2, 0) is 14.8 Å². The van der Waals surface area contributed by atoms with E-state index in [1.807, 2.05) is 0 Å². The quantitative estimate of drug-likeness (QED) is 0.748. The van der Waals surface area contributed by atoms with Crippen molar-refractivity contribution >= 4 is 15.9 Å². The van der Waals surface area contributed by atoms with E-state index in [-0.39, 0.29) is 16.8 Å². The van der Waals surface area contributed by atoms with Gasteiger partial charge in [-0.3, -0.25) is 4.79 Å². The van der Waals surface area contributed by atoms with Crippen molar-refractivity contribution in [2.45, 2.75) is 17.4 Å². The summed E-state index contributed by atoms with van der Waals surface area (Å²) in [4.78, 5) is 16.3. The van der Waals surface area contributed by atoms with E-state index in [0.29, 0.717) is 45.0 Å². The van der Waals surface area contributed by atoms with E-state index in [2.05, 4.69) is 10.2 Å². The minimum atomic E-state index is -3.55. The third-order valence-corrected chi connectivity index (χ3v) is 6.84. The van der Waals surface area contributed by atoms with Gasteiger partial charge in [0.1, 0.15) is 0 Å². The van der Waals surface area contributed by atoms with Crippen molar-refractivity contribution in [3.8, 4) is 0 Å². The minimum absolute atomic E-state index is 0.0740. The molecule has 1 aromatic carbocycles. The van der Waals surface area contributed by atoms with Crippen LogP contribution in [0, 0.1) is 0 Å². The van der Waals surface area contributed by atoms with Crippen LogP contribution in [0.1, 0.15) is 22.8 Å². The molecule has 144 valence electrons. The van der Waals surface area contributed by atoms with Crippen LogP contribution in [0.5, 0.6) is 0 Å². The lowest BCUT2D eigenvalue weighted by atomic mass is 10.2. The van der Waals surface area contributed by atoms with Gasteiger partial charge in [0.05, 0.1) is 36.5 Å². The average molecular weight is 391 g/mol. The number of benzene rings is 1. The van der Waals surface area contributed by atoms with Gasteiger partial charge in [-0.2, -0.15) is 19.3 Å². The van der Waals surface area contributed by atoms with E-state index in [9.17, 15) is 13.2 Å². The molecule has 9 nitrogen and oxygen atoms in total. The maximum Gasteiger partial charge on any atom is 0.253 e. The number of carbonyl (C=O) groups excluding carboxylic acids is 1.